The number of thioether (sulfide) groups is 1. The van der Waals surface area contributed by atoms with E-state index < -0.39 is 0 Å². The van der Waals surface area contributed by atoms with Crippen LogP contribution in [0.25, 0.3) is 5.69 Å². The molecule has 0 radical (unpaired) electrons. The monoisotopic (exact) mass is 338 g/mol. The number of para-hydroxylation sites is 2. The van der Waals surface area contributed by atoms with Gasteiger partial charge in [-0.15, -0.1) is 10.2 Å². The maximum Gasteiger partial charge on any atom is 0.237 e. The van der Waals surface area contributed by atoms with Crippen LogP contribution in [-0.4, -0.2) is 25.9 Å². The van der Waals surface area contributed by atoms with Crippen LogP contribution >= 0.6 is 11.8 Å². The molecule has 0 fully saturated rings. The summed E-state index contributed by atoms with van der Waals surface area (Å²) in [6.07, 6.45) is 1.66. The largest absolute Gasteiger partial charge is 0.325 e. The minimum Gasteiger partial charge on any atom is -0.325 e. The Bertz CT molecular complexity index is 832. The van der Waals surface area contributed by atoms with E-state index in [9.17, 15) is 4.79 Å². The molecule has 1 heterocycles. The van der Waals surface area contributed by atoms with Crippen molar-refractivity contribution in [2.24, 2.45) is 0 Å². The first-order valence-electron chi connectivity index (χ1n) is 7.64. The number of hydrogen-bond acceptors (Lipinski definition) is 4. The van der Waals surface area contributed by atoms with Crippen LogP contribution in [-0.2, 0) is 4.79 Å². The third-order valence-corrected chi connectivity index (χ3v) is 4.66. The van der Waals surface area contributed by atoms with Gasteiger partial charge in [0.1, 0.15) is 6.33 Å². The van der Waals surface area contributed by atoms with Crippen LogP contribution in [0, 0.1) is 6.92 Å². The molecule has 5 nitrogen and oxygen atoms in total. The Labute approximate surface area is 145 Å². The second-order valence-electron chi connectivity index (χ2n) is 5.38. The first-order valence-corrected chi connectivity index (χ1v) is 8.51. The van der Waals surface area contributed by atoms with Crippen molar-refractivity contribution in [2.75, 3.05) is 5.32 Å². The molecule has 1 aromatic heterocycles. The molecule has 0 saturated carbocycles. The summed E-state index contributed by atoms with van der Waals surface area (Å²) < 4.78 is 1.88. The highest BCUT2D eigenvalue weighted by Gasteiger charge is 2.19. The fraction of sp³-hybridized carbons (Fsp3) is 0.167. The summed E-state index contributed by atoms with van der Waals surface area (Å²) in [5, 5.41) is 11.5. The molecular weight excluding hydrogens is 320 g/mol. The second kappa shape index (κ2) is 7.31. The van der Waals surface area contributed by atoms with Gasteiger partial charge in [0.2, 0.25) is 5.91 Å². The second-order valence-corrected chi connectivity index (χ2v) is 6.69. The van der Waals surface area contributed by atoms with Gasteiger partial charge in [-0.1, -0.05) is 48.2 Å². The summed E-state index contributed by atoms with van der Waals surface area (Å²) in [4.78, 5) is 12.4. The average molecular weight is 338 g/mol. The third-order valence-electron chi connectivity index (χ3n) is 3.61. The van der Waals surface area contributed by atoms with E-state index in [1.54, 1.807) is 6.33 Å². The Morgan fingerprint density at radius 1 is 1.12 bits per heavy atom. The summed E-state index contributed by atoms with van der Waals surface area (Å²) in [6, 6.07) is 17.6. The summed E-state index contributed by atoms with van der Waals surface area (Å²) in [5.41, 5.74) is 2.84. The van der Waals surface area contributed by atoms with Gasteiger partial charge in [0.15, 0.2) is 5.16 Å². The average Bonchev–Trinajstić information content (AvgIpc) is 3.05. The molecular formula is C18H18N4OS. The smallest absolute Gasteiger partial charge is 0.237 e. The number of carbonyl (C=O) groups is 1. The van der Waals surface area contributed by atoms with Crippen LogP contribution in [0.2, 0.25) is 0 Å². The number of benzene rings is 2. The van der Waals surface area contributed by atoms with Crippen molar-refractivity contribution < 1.29 is 4.79 Å². The molecule has 0 aliphatic heterocycles. The highest BCUT2D eigenvalue weighted by Crippen LogP contribution is 2.25. The van der Waals surface area contributed by atoms with Crippen LogP contribution in [0.1, 0.15) is 12.5 Å². The zero-order valence-electron chi connectivity index (χ0n) is 13.5. The molecule has 1 amide bonds. The summed E-state index contributed by atoms with van der Waals surface area (Å²) in [5.74, 6) is -0.0584. The number of aryl methyl sites for hydroxylation is 1. The van der Waals surface area contributed by atoms with E-state index in [0.29, 0.717) is 5.16 Å². The van der Waals surface area contributed by atoms with Crippen molar-refractivity contribution in [1.29, 1.82) is 0 Å². The Morgan fingerprint density at radius 3 is 2.58 bits per heavy atom. The molecule has 24 heavy (non-hydrogen) atoms. The van der Waals surface area contributed by atoms with Gasteiger partial charge in [-0.25, -0.2) is 0 Å². The first kappa shape index (κ1) is 16.3. The number of nitrogens with one attached hydrogen (secondary N) is 1. The SMILES string of the molecule is Cc1ccccc1NC(=O)[C@H](C)Sc1nncn1-c1ccccc1. The van der Waals surface area contributed by atoms with Gasteiger partial charge in [-0.05, 0) is 37.6 Å². The molecule has 0 aliphatic carbocycles. The van der Waals surface area contributed by atoms with Crippen molar-refractivity contribution in [3.63, 3.8) is 0 Å². The lowest BCUT2D eigenvalue weighted by atomic mass is 10.2. The molecule has 3 aromatic rings. The van der Waals surface area contributed by atoms with Crippen LogP contribution in [0.3, 0.4) is 0 Å². The minimum absolute atomic E-state index is 0.0584. The maximum atomic E-state index is 12.4. The minimum atomic E-state index is -0.295. The van der Waals surface area contributed by atoms with Crippen molar-refractivity contribution in [2.45, 2.75) is 24.3 Å². The van der Waals surface area contributed by atoms with E-state index in [1.165, 1.54) is 11.8 Å². The highest BCUT2D eigenvalue weighted by atomic mass is 32.2. The van der Waals surface area contributed by atoms with Gasteiger partial charge in [-0.3, -0.25) is 9.36 Å². The Balaban J connectivity index is 1.72. The molecule has 6 heteroatoms. The van der Waals surface area contributed by atoms with E-state index in [2.05, 4.69) is 15.5 Å². The molecule has 2 aromatic carbocycles. The van der Waals surface area contributed by atoms with Gasteiger partial charge in [0, 0.05) is 11.4 Å². The van der Waals surface area contributed by atoms with Gasteiger partial charge >= 0.3 is 0 Å². The van der Waals surface area contributed by atoms with Gasteiger partial charge in [-0.2, -0.15) is 0 Å². The number of carbonyl (C=O) groups excluding carboxylic acids is 1. The Hall–Kier alpha value is -2.60. The van der Waals surface area contributed by atoms with Crippen molar-refractivity contribution in [1.82, 2.24) is 14.8 Å². The predicted octanol–water partition coefficient (Wildman–Crippen LogP) is 3.70. The van der Waals surface area contributed by atoms with E-state index in [-0.39, 0.29) is 11.2 Å². The Kier molecular flexibility index (Phi) is 4.96. The number of hydrogen-bond donors (Lipinski definition) is 1. The highest BCUT2D eigenvalue weighted by molar-refractivity contribution is 8.00. The number of rotatable bonds is 5. The first-order chi connectivity index (χ1) is 11.6. The van der Waals surface area contributed by atoms with E-state index >= 15 is 0 Å². The predicted molar refractivity (Wildman–Crippen MR) is 96.5 cm³/mol. The molecule has 3 rings (SSSR count). The summed E-state index contributed by atoms with van der Waals surface area (Å²) in [6.45, 7) is 3.84. The van der Waals surface area contributed by atoms with Gasteiger partial charge in [0.25, 0.3) is 0 Å². The van der Waals surface area contributed by atoms with E-state index in [0.717, 1.165) is 16.9 Å². The topological polar surface area (TPSA) is 59.8 Å². The fourth-order valence-corrected chi connectivity index (χ4v) is 3.07. The lowest BCUT2D eigenvalue weighted by molar-refractivity contribution is -0.115. The van der Waals surface area contributed by atoms with Gasteiger partial charge < -0.3 is 5.32 Å². The zero-order valence-corrected chi connectivity index (χ0v) is 14.3. The van der Waals surface area contributed by atoms with E-state index in [4.69, 9.17) is 0 Å². The third kappa shape index (κ3) is 3.65. The van der Waals surface area contributed by atoms with Crippen molar-refractivity contribution in [3.05, 3.63) is 66.5 Å². The van der Waals surface area contributed by atoms with Crippen LogP contribution in [0.15, 0.2) is 66.1 Å². The lowest BCUT2D eigenvalue weighted by Gasteiger charge is -2.13. The van der Waals surface area contributed by atoms with Crippen LogP contribution < -0.4 is 5.32 Å². The standard InChI is InChI=1S/C18H18N4OS/c1-13-8-6-7-11-16(13)20-17(23)14(2)24-18-21-19-12-22(18)15-9-4-3-5-10-15/h3-12,14H,1-2H3,(H,20,23)/t14-/m0/s1. The molecule has 1 atom stereocenters. The van der Waals surface area contributed by atoms with Crippen molar-refractivity contribution >= 4 is 23.4 Å². The number of nitrogens with zero attached hydrogens (tertiary/aromatic N) is 3. The van der Waals surface area contributed by atoms with Gasteiger partial charge in [0.05, 0.1) is 5.25 Å². The van der Waals surface area contributed by atoms with Crippen LogP contribution in [0.4, 0.5) is 5.69 Å². The molecule has 0 aliphatic rings. The van der Waals surface area contributed by atoms with Crippen LogP contribution in [0.5, 0.6) is 0 Å². The maximum absolute atomic E-state index is 12.4. The number of anilines is 1. The Morgan fingerprint density at radius 2 is 1.83 bits per heavy atom. The molecule has 0 unspecified atom stereocenters. The molecule has 1 N–H and O–H groups in total. The molecule has 0 saturated heterocycles. The summed E-state index contributed by atoms with van der Waals surface area (Å²) in [7, 11) is 0. The summed E-state index contributed by atoms with van der Waals surface area (Å²) >= 11 is 1.38. The zero-order chi connectivity index (χ0) is 16.9. The fourth-order valence-electron chi connectivity index (χ4n) is 2.23. The number of amides is 1. The van der Waals surface area contributed by atoms with E-state index in [1.807, 2.05) is 73.0 Å². The molecule has 122 valence electrons. The normalized spacial score (nSPS) is 11.9. The number of aromatic nitrogens is 3. The quantitative estimate of drug-likeness (QED) is 0.721. The molecule has 0 spiro atoms. The lowest BCUT2D eigenvalue weighted by Crippen LogP contribution is -2.23. The van der Waals surface area contributed by atoms with Crippen molar-refractivity contribution in [3.8, 4) is 5.69 Å². The molecule has 0 bridgehead atoms.